The number of benzene rings is 1. The lowest BCUT2D eigenvalue weighted by Crippen LogP contribution is -2.46. The zero-order valence-corrected chi connectivity index (χ0v) is 18.2. The third-order valence-electron chi connectivity index (χ3n) is 6.02. The average molecular weight is 420 g/mol. The zero-order valence-electron chi connectivity index (χ0n) is 18.2. The molecule has 0 amide bonds. The first-order valence-electron chi connectivity index (χ1n) is 10.9. The number of rotatable bonds is 7. The van der Waals surface area contributed by atoms with Gasteiger partial charge in [0.1, 0.15) is 11.5 Å². The van der Waals surface area contributed by atoms with E-state index in [-0.39, 0.29) is 5.97 Å². The maximum absolute atomic E-state index is 13.0. The highest BCUT2D eigenvalue weighted by atomic mass is 16.5. The number of carbonyl (C=O) groups is 1. The quantitative estimate of drug-likeness (QED) is 0.528. The molecule has 0 spiro atoms. The summed E-state index contributed by atoms with van der Waals surface area (Å²) in [5.41, 5.74) is 3.45. The molecule has 162 valence electrons. The van der Waals surface area contributed by atoms with E-state index in [0.29, 0.717) is 13.0 Å². The van der Waals surface area contributed by atoms with Crippen molar-refractivity contribution in [1.82, 2.24) is 15.0 Å². The Balaban J connectivity index is 1.48. The van der Waals surface area contributed by atoms with Crippen molar-refractivity contribution in [1.29, 1.82) is 0 Å². The van der Waals surface area contributed by atoms with Gasteiger partial charge in [-0.15, -0.1) is 0 Å². The van der Waals surface area contributed by atoms with E-state index in [4.69, 9.17) is 9.26 Å². The van der Waals surface area contributed by atoms with Crippen molar-refractivity contribution in [2.24, 2.45) is 5.41 Å². The Morgan fingerprint density at radius 3 is 2.71 bits per heavy atom. The molecule has 0 unspecified atom stereocenters. The van der Waals surface area contributed by atoms with Crippen LogP contribution in [0.2, 0.25) is 0 Å². The normalized spacial score (nSPS) is 16.2. The van der Waals surface area contributed by atoms with E-state index >= 15 is 0 Å². The van der Waals surface area contributed by atoms with E-state index in [2.05, 4.69) is 34.1 Å². The molecule has 0 bridgehead atoms. The van der Waals surface area contributed by atoms with Gasteiger partial charge in [0.15, 0.2) is 0 Å². The lowest BCUT2D eigenvalue weighted by atomic mass is 9.75. The highest BCUT2D eigenvalue weighted by Gasteiger charge is 2.43. The number of pyridine rings is 1. The van der Waals surface area contributed by atoms with Crippen LogP contribution in [-0.4, -0.2) is 40.7 Å². The number of ether oxygens (including phenoxy) is 1. The van der Waals surface area contributed by atoms with Gasteiger partial charge in [0.2, 0.25) is 0 Å². The Morgan fingerprint density at radius 2 is 2.00 bits per heavy atom. The van der Waals surface area contributed by atoms with Crippen molar-refractivity contribution >= 4 is 5.97 Å². The van der Waals surface area contributed by atoms with Crippen LogP contribution in [0.3, 0.4) is 0 Å². The van der Waals surface area contributed by atoms with Crippen LogP contribution in [0.15, 0.2) is 59.3 Å². The Morgan fingerprint density at radius 1 is 1.16 bits per heavy atom. The fraction of sp³-hybridized carbons (Fsp3) is 0.400. The van der Waals surface area contributed by atoms with Crippen LogP contribution in [0.5, 0.6) is 0 Å². The van der Waals surface area contributed by atoms with Crippen LogP contribution >= 0.6 is 0 Å². The van der Waals surface area contributed by atoms with Gasteiger partial charge >= 0.3 is 5.97 Å². The van der Waals surface area contributed by atoms with Crippen LogP contribution in [0, 0.1) is 12.3 Å². The van der Waals surface area contributed by atoms with Crippen molar-refractivity contribution in [2.45, 2.75) is 39.7 Å². The molecule has 0 aliphatic carbocycles. The molecule has 6 nitrogen and oxygen atoms in total. The third kappa shape index (κ3) is 5.02. The SMILES string of the molecule is CCOC(=O)C1(Cc2cc(-c3cccc(C)c3)no2)CCN(Cc2ccccn2)CC1. The molecule has 2 aromatic heterocycles. The molecule has 1 saturated heterocycles. The molecule has 3 heterocycles. The fourth-order valence-electron chi connectivity index (χ4n) is 4.27. The highest BCUT2D eigenvalue weighted by Crippen LogP contribution is 2.38. The number of nitrogens with zero attached hydrogens (tertiary/aromatic N) is 3. The molecule has 1 fully saturated rings. The van der Waals surface area contributed by atoms with Crippen molar-refractivity contribution in [3.05, 3.63) is 71.7 Å². The summed E-state index contributed by atoms with van der Waals surface area (Å²) in [6.07, 6.45) is 3.76. The fourth-order valence-corrected chi connectivity index (χ4v) is 4.27. The number of aryl methyl sites for hydroxylation is 1. The maximum Gasteiger partial charge on any atom is 0.312 e. The van der Waals surface area contributed by atoms with Gasteiger partial charge in [0.05, 0.1) is 17.7 Å². The Labute approximate surface area is 183 Å². The van der Waals surface area contributed by atoms with Crippen LogP contribution < -0.4 is 0 Å². The molecule has 4 rings (SSSR count). The van der Waals surface area contributed by atoms with Crippen molar-refractivity contribution in [3.8, 4) is 11.3 Å². The third-order valence-corrected chi connectivity index (χ3v) is 6.02. The van der Waals surface area contributed by atoms with Gasteiger partial charge in [-0.05, 0) is 58.0 Å². The van der Waals surface area contributed by atoms with Crippen molar-refractivity contribution in [3.63, 3.8) is 0 Å². The topological polar surface area (TPSA) is 68.5 Å². The summed E-state index contributed by atoms with van der Waals surface area (Å²) in [5.74, 6) is 0.587. The minimum absolute atomic E-state index is 0.138. The number of likely N-dealkylation sites (tertiary alicyclic amines) is 1. The lowest BCUT2D eigenvalue weighted by molar-refractivity contribution is -0.159. The number of carbonyl (C=O) groups excluding carboxylic acids is 1. The number of aromatic nitrogens is 2. The Hall–Kier alpha value is -2.99. The number of esters is 1. The second-order valence-electron chi connectivity index (χ2n) is 8.32. The van der Waals surface area contributed by atoms with Gasteiger partial charge in [0.25, 0.3) is 0 Å². The second-order valence-corrected chi connectivity index (χ2v) is 8.32. The molecule has 0 atom stereocenters. The number of hydrogen-bond donors (Lipinski definition) is 0. The molecule has 1 aliphatic heterocycles. The van der Waals surface area contributed by atoms with E-state index in [1.54, 1.807) is 0 Å². The summed E-state index contributed by atoms with van der Waals surface area (Å²) in [5, 5.41) is 4.25. The number of piperidine rings is 1. The largest absolute Gasteiger partial charge is 0.466 e. The van der Waals surface area contributed by atoms with Crippen LogP contribution in [-0.2, 0) is 22.5 Å². The van der Waals surface area contributed by atoms with E-state index < -0.39 is 5.41 Å². The van der Waals surface area contributed by atoms with Crippen LogP contribution in [0.25, 0.3) is 11.3 Å². The van der Waals surface area contributed by atoms with E-state index in [1.165, 1.54) is 5.56 Å². The van der Waals surface area contributed by atoms with Crippen molar-refractivity contribution in [2.75, 3.05) is 19.7 Å². The summed E-state index contributed by atoms with van der Waals surface area (Å²) in [7, 11) is 0. The average Bonchev–Trinajstić information content (AvgIpc) is 3.24. The van der Waals surface area contributed by atoms with Gasteiger partial charge in [-0.2, -0.15) is 0 Å². The smallest absolute Gasteiger partial charge is 0.312 e. The predicted molar refractivity (Wildman–Crippen MR) is 118 cm³/mol. The molecular formula is C25H29N3O3. The molecule has 0 radical (unpaired) electrons. The van der Waals surface area contributed by atoms with Gasteiger partial charge in [-0.1, -0.05) is 35.0 Å². The first-order chi connectivity index (χ1) is 15.1. The van der Waals surface area contributed by atoms with Crippen LogP contribution in [0.1, 0.15) is 36.8 Å². The highest BCUT2D eigenvalue weighted by molar-refractivity contribution is 5.77. The van der Waals surface area contributed by atoms with E-state index in [0.717, 1.165) is 55.2 Å². The first-order valence-corrected chi connectivity index (χ1v) is 10.9. The van der Waals surface area contributed by atoms with Crippen molar-refractivity contribution < 1.29 is 14.1 Å². The van der Waals surface area contributed by atoms with E-state index in [1.807, 2.05) is 49.5 Å². The van der Waals surface area contributed by atoms with E-state index in [9.17, 15) is 4.79 Å². The Bertz CT molecular complexity index is 1010. The monoisotopic (exact) mass is 419 g/mol. The minimum atomic E-state index is -0.583. The Kier molecular flexibility index (Phi) is 6.47. The predicted octanol–water partition coefficient (Wildman–Crippen LogP) is 4.43. The summed E-state index contributed by atoms with van der Waals surface area (Å²) in [6.45, 7) is 6.70. The molecule has 1 aliphatic rings. The molecule has 0 saturated carbocycles. The molecular weight excluding hydrogens is 390 g/mol. The molecule has 1 aromatic carbocycles. The van der Waals surface area contributed by atoms with Gasteiger partial charge in [-0.3, -0.25) is 14.7 Å². The summed E-state index contributed by atoms with van der Waals surface area (Å²) < 4.78 is 11.1. The second kappa shape index (κ2) is 9.43. The maximum atomic E-state index is 13.0. The standard InChI is InChI=1S/C25H29N3O3/c1-3-30-24(29)25(10-13-28(14-11-25)18-21-9-4-5-12-26-21)17-22-16-23(27-31-22)20-8-6-7-19(2)15-20/h4-9,12,15-16H,3,10-11,13-14,17-18H2,1-2H3. The molecule has 6 heteroatoms. The van der Waals surface area contributed by atoms with Gasteiger partial charge in [-0.25, -0.2) is 0 Å². The molecule has 3 aromatic rings. The summed E-state index contributed by atoms with van der Waals surface area (Å²) >= 11 is 0. The summed E-state index contributed by atoms with van der Waals surface area (Å²) in [4.78, 5) is 19.8. The van der Waals surface area contributed by atoms with Gasteiger partial charge in [0, 0.05) is 30.8 Å². The molecule has 0 N–H and O–H groups in total. The lowest BCUT2D eigenvalue weighted by Gasteiger charge is -2.39. The van der Waals surface area contributed by atoms with Crippen LogP contribution in [0.4, 0.5) is 0 Å². The summed E-state index contributed by atoms with van der Waals surface area (Å²) in [6, 6.07) is 16.1. The minimum Gasteiger partial charge on any atom is -0.466 e. The first kappa shape index (κ1) is 21.2. The zero-order chi connectivity index (χ0) is 21.7. The molecule has 31 heavy (non-hydrogen) atoms. The number of hydrogen-bond acceptors (Lipinski definition) is 6. The van der Waals surface area contributed by atoms with Gasteiger partial charge < -0.3 is 9.26 Å².